The Kier molecular flexibility index (Phi) is 5.60. The second-order valence-corrected chi connectivity index (χ2v) is 8.69. The Morgan fingerprint density at radius 3 is 2.56 bits per heavy atom. The normalized spacial score (nSPS) is 23.5. The fraction of sp³-hybridized carbons (Fsp3) is 0.476. The number of nitrogens with one attached hydrogen (secondary N) is 1. The van der Waals surface area contributed by atoms with Crippen LogP contribution in [0.5, 0.6) is 5.75 Å². The molecule has 1 saturated carbocycles. The van der Waals surface area contributed by atoms with Crippen LogP contribution in [-0.2, 0) is 16.1 Å². The van der Waals surface area contributed by atoms with E-state index < -0.39 is 5.54 Å². The molecule has 0 radical (unpaired) electrons. The van der Waals surface area contributed by atoms with E-state index in [1.165, 1.54) is 0 Å². The van der Waals surface area contributed by atoms with Crippen molar-refractivity contribution >= 4 is 17.2 Å². The van der Waals surface area contributed by atoms with Gasteiger partial charge in [-0.25, -0.2) is 0 Å². The molecule has 1 fully saturated rings. The van der Waals surface area contributed by atoms with E-state index in [0.717, 1.165) is 21.1 Å². The van der Waals surface area contributed by atoms with Crippen molar-refractivity contribution in [2.24, 2.45) is 11.1 Å². The minimum atomic E-state index is -0.886. The highest BCUT2D eigenvalue weighted by Crippen LogP contribution is 2.49. The molecule has 0 aliphatic heterocycles. The van der Waals surface area contributed by atoms with Crippen molar-refractivity contribution in [3.8, 4) is 16.2 Å². The summed E-state index contributed by atoms with van der Waals surface area (Å²) in [5.41, 5.74) is 6.30. The summed E-state index contributed by atoms with van der Waals surface area (Å²) in [6.45, 7) is 7.08. The first kappa shape index (κ1) is 19.9. The second-order valence-electron chi connectivity index (χ2n) is 7.52. The van der Waals surface area contributed by atoms with E-state index in [0.29, 0.717) is 19.6 Å². The number of carbonyl (C=O) groups is 1. The third kappa shape index (κ3) is 3.61. The van der Waals surface area contributed by atoms with Crippen LogP contribution >= 0.6 is 11.3 Å². The maximum atomic E-state index is 12.7. The van der Waals surface area contributed by atoms with Crippen LogP contribution in [0.15, 0.2) is 36.4 Å². The molecule has 2 unspecified atom stereocenters. The van der Waals surface area contributed by atoms with Crippen LogP contribution in [0.3, 0.4) is 0 Å². The van der Waals surface area contributed by atoms with Gasteiger partial charge in [0.25, 0.3) is 0 Å². The van der Waals surface area contributed by atoms with E-state index in [4.69, 9.17) is 15.2 Å². The molecule has 0 bridgehead atoms. The number of hydrogen-bond donors (Lipinski definition) is 2. The summed E-state index contributed by atoms with van der Waals surface area (Å²) in [5, 5.41) is 3.01. The number of rotatable bonds is 7. The van der Waals surface area contributed by atoms with Crippen LogP contribution in [0.2, 0.25) is 0 Å². The summed E-state index contributed by atoms with van der Waals surface area (Å²) >= 11 is 1.67. The number of benzene rings is 1. The summed E-state index contributed by atoms with van der Waals surface area (Å²) in [6.07, 6.45) is 0.586. The van der Waals surface area contributed by atoms with Gasteiger partial charge in [-0.3, -0.25) is 4.79 Å². The molecule has 146 valence electrons. The molecule has 2 atom stereocenters. The van der Waals surface area contributed by atoms with E-state index in [1.807, 2.05) is 51.1 Å². The summed E-state index contributed by atoms with van der Waals surface area (Å²) in [6, 6.07) is 12.1. The average Bonchev–Trinajstić information content (AvgIpc) is 3.14. The van der Waals surface area contributed by atoms with Gasteiger partial charge in [0.2, 0.25) is 5.91 Å². The lowest BCUT2D eigenvalue weighted by molar-refractivity contribution is -0.170. The molecule has 1 aliphatic carbocycles. The fourth-order valence-electron chi connectivity index (χ4n) is 3.53. The van der Waals surface area contributed by atoms with E-state index in [-0.39, 0.29) is 17.4 Å². The van der Waals surface area contributed by atoms with Crippen LogP contribution in [0, 0.1) is 5.41 Å². The number of methoxy groups -OCH3 is 1. The highest BCUT2D eigenvalue weighted by Gasteiger charge is 2.62. The largest absolute Gasteiger partial charge is 0.497 e. The quantitative estimate of drug-likeness (QED) is 0.760. The topological polar surface area (TPSA) is 73.6 Å². The Morgan fingerprint density at radius 1 is 1.26 bits per heavy atom. The number of hydrogen-bond acceptors (Lipinski definition) is 5. The Balaban J connectivity index is 1.61. The second kappa shape index (κ2) is 7.62. The van der Waals surface area contributed by atoms with Gasteiger partial charge in [-0.2, -0.15) is 0 Å². The fourth-order valence-corrected chi connectivity index (χ4v) is 4.48. The summed E-state index contributed by atoms with van der Waals surface area (Å²) in [7, 11) is 1.66. The lowest BCUT2D eigenvalue weighted by Gasteiger charge is -2.57. The molecular weight excluding hydrogens is 360 g/mol. The van der Waals surface area contributed by atoms with Crippen molar-refractivity contribution in [3.63, 3.8) is 0 Å². The Morgan fingerprint density at radius 2 is 1.96 bits per heavy atom. The monoisotopic (exact) mass is 388 g/mol. The molecule has 5 nitrogen and oxygen atoms in total. The molecule has 3 rings (SSSR count). The van der Waals surface area contributed by atoms with Crippen molar-refractivity contribution in [2.75, 3.05) is 13.7 Å². The highest BCUT2D eigenvalue weighted by molar-refractivity contribution is 7.15. The standard InChI is InChI=1S/C21H28N2O3S/c1-5-26-18-12-21(22,20(18,2)3)19(24)23-13-16-10-11-17(27-16)14-6-8-15(25-4)9-7-14/h6-11,18H,5,12-13,22H2,1-4H3,(H,23,24). The van der Waals surface area contributed by atoms with Crippen molar-refractivity contribution in [1.29, 1.82) is 0 Å². The summed E-state index contributed by atoms with van der Waals surface area (Å²) in [4.78, 5) is 15.0. The third-order valence-electron chi connectivity index (χ3n) is 5.69. The van der Waals surface area contributed by atoms with Crippen molar-refractivity contribution in [1.82, 2.24) is 5.32 Å². The van der Waals surface area contributed by atoms with Crippen LogP contribution in [0.1, 0.15) is 32.1 Å². The zero-order valence-corrected chi connectivity index (χ0v) is 17.2. The highest BCUT2D eigenvalue weighted by atomic mass is 32.1. The molecule has 3 N–H and O–H groups in total. The average molecular weight is 389 g/mol. The first-order valence-corrected chi connectivity index (χ1v) is 10.1. The number of thiophene rings is 1. The Hall–Kier alpha value is -1.89. The molecule has 27 heavy (non-hydrogen) atoms. The first-order chi connectivity index (χ1) is 12.8. The Labute approximate surface area is 164 Å². The van der Waals surface area contributed by atoms with Gasteiger partial charge in [-0.1, -0.05) is 13.8 Å². The predicted molar refractivity (Wildman–Crippen MR) is 109 cm³/mol. The van der Waals surface area contributed by atoms with Gasteiger partial charge in [0.05, 0.1) is 19.8 Å². The molecular formula is C21H28N2O3S. The molecule has 0 spiro atoms. The van der Waals surface area contributed by atoms with Gasteiger partial charge < -0.3 is 20.5 Å². The first-order valence-electron chi connectivity index (χ1n) is 9.23. The SMILES string of the molecule is CCOC1CC(N)(C(=O)NCc2ccc(-c3ccc(OC)cc3)s2)C1(C)C. The number of ether oxygens (including phenoxy) is 2. The molecule has 1 heterocycles. The Bertz CT molecular complexity index is 800. The van der Waals surface area contributed by atoms with E-state index >= 15 is 0 Å². The lowest BCUT2D eigenvalue weighted by Crippen LogP contribution is -2.75. The van der Waals surface area contributed by atoms with Crippen LogP contribution < -0.4 is 15.8 Å². The van der Waals surface area contributed by atoms with Crippen molar-refractivity contribution < 1.29 is 14.3 Å². The molecule has 6 heteroatoms. The van der Waals surface area contributed by atoms with Crippen molar-refractivity contribution in [2.45, 2.75) is 45.4 Å². The predicted octanol–water partition coefficient (Wildman–Crippen LogP) is 3.57. The van der Waals surface area contributed by atoms with E-state index in [2.05, 4.69) is 11.4 Å². The molecule has 1 aromatic heterocycles. The van der Waals surface area contributed by atoms with Gasteiger partial charge in [0.1, 0.15) is 11.3 Å². The van der Waals surface area contributed by atoms with Gasteiger partial charge in [0, 0.05) is 28.2 Å². The molecule has 1 amide bonds. The molecule has 0 saturated heterocycles. The van der Waals surface area contributed by atoms with Gasteiger partial charge in [-0.05, 0) is 48.9 Å². The lowest BCUT2D eigenvalue weighted by atomic mass is 9.54. The minimum Gasteiger partial charge on any atom is -0.497 e. The number of nitrogens with two attached hydrogens (primary N) is 1. The van der Waals surface area contributed by atoms with Crippen molar-refractivity contribution in [3.05, 3.63) is 41.3 Å². The smallest absolute Gasteiger partial charge is 0.241 e. The molecule has 1 aromatic carbocycles. The van der Waals surface area contributed by atoms with E-state index in [9.17, 15) is 4.79 Å². The zero-order chi connectivity index (χ0) is 19.7. The van der Waals surface area contributed by atoms with Gasteiger partial charge >= 0.3 is 0 Å². The maximum Gasteiger partial charge on any atom is 0.241 e. The van der Waals surface area contributed by atoms with Gasteiger partial charge in [0.15, 0.2) is 0 Å². The number of amides is 1. The third-order valence-corrected chi connectivity index (χ3v) is 6.83. The van der Waals surface area contributed by atoms with Gasteiger partial charge in [-0.15, -0.1) is 11.3 Å². The summed E-state index contributed by atoms with van der Waals surface area (Å²) < 4.78 is 10.9. The minimum absolute atomic E-state index is 0.0293. The van der Waals surface area contributed by atoms with Crippen LogP contribution in [-0.4, -0.2) is 31.3 Å². The zero-order valence-electron chi connectivity index (χ0n) is 16.4. The van der Waals surface area contributed by atoms with Crippen LogP contribution in [0.25, 0.3) is 10.4 Å². The molecule has 1 aliphatic rings. The number of carbonyl (C=O) groups excluding carboxylic acids is 1. The van der Waals surface area contributed by atoms with E-state index in [1.54, 1.807) is 18.4 Å². The van der Waals surface area contributed by atoms with Crippen LogP contribution in [0.4, 0.5) is 0 Å². The molecule has 2 aromatic rings. The summed E-state index contributed by atoms with van der Waals surface area (Å²) in [5.74, 6) is 0.729. The maximum absolute atomic E-state index is 12.7.